The minimum Gasteiger partial charge on any atom is -0.480 e. The molecule has 1 aliphatic rings. The molecule has 0 aliphatic carbocycles. The van der Waals surface area contributed by atoms with Crippen molar-refractivity contribution >= 4 is 58.3 Å². The number of nitro groups is 1. The Morgan fingerprint density at radius 3 is 2.10 bits per heavy atom. The van der Waals surface area contributed by atoms with Crippen LogP contribution in [0.25, 0.3) is 0 Å². The van der Waals surface area contributed by atoms with Crippen molar-refractivity contribution in [2.24, 2.45) is 5.73 Å². The zero-order chi connectivity index (χ0) is 51.6. The van der Waals surface area contributed by atoms with Gasteiger partial charge in [0.15, 0.2) is 7.37 Å². The molecule has 3 atom stereocenters. The monoisotopic (exact) mass is 1020 g/mol. The van der Waals surface area contributed by atoms with Gasteiger partial charge in [0.05, 0.1) is 28.9 Å². The summed E-state index contributed by atoms with van der Waals surface area (Å²) in [6.45, 7) is 7.49. The van der Waals surface area contributed by atoms with Crippen LogP contribution in [0.2, 0.25) is 5.02 Å². The van der Waals surface area contributed by atoms with Gasteiger partial charge in [0.25, 0.3) is 11.6 Å². The number of urea groups is 1. The molecule has 26 heteroatoms. The molecular weight excluding hydrogens is 970 g/mol. The van der Waals surface area contributed by atoms with Gasteiger partial charge in [-0.3, -0.25) is 29.1 Å². The van der Waals surface area contributed by atoms with Crippen LogP contribution in [-0.4, -0.2) is 98.5 Å². The SMILES string of the molecule is CON(C)C(=O)Nc1ccc(Oc2ccc3c(c2)OC(C)(OC)CC3(C)C)cc1.CP(=O)(O)CCC(N)C(=O)O.CS(=O)(=O)NC(=O)c1cc(Oc2ccc(C(F)(F)F)cc2Cl)ccc1[N+](=O)[O-]. The maximum absolute atomic E-state index is 12.7. The number of fused-ring (bicyclic) bond motifs is 1. The quantitative estimate of drug-likeness (QED) is 0.0450. The summed E-state index contributed by atoms with van der Waals surface area (Å²) in [5.74, 6) is -1.43. The molecule has 0 saturated heterocycles. The number of nitrogens with one attached hydrogen (secondary N) is 2. The first kappa shape index (κ1) is 56.3. The number of nitrogens with two attached hydrogens (primary N) is 1. The minimum atomic E-state index is -4.62. The smallest absolute Gasteiger partial charge is 0.416 e. The number of carbonyl (C=O) groups excluding carboxylic acids is 2. The summed E-state index contributed by atoms with van der Waals surface area (Å²) in [6.07, 6.45) is -3.18. The second-order valence-corrected chi connectivity index (χ2v) is 20.5. The van der Waals surface area contributed by atoms with Crippen LogP contribution in [-0.2, 0) is 40.5 Å². The van der Waals surface area contributed by atoms with Crippen LogP contribution < -0.4 is 30.0 Å². The Kier molecular flexibility index (Phi) is 18.9. The fourth-order valence-corrected chi connectivity index (χ4v) is 7.47. The summed E-state index contributed by atoms with van der Waals surface area (Å²) in [4.78, 5) is 57.7. The van der Waals surface area contributed by atoms with Crippen molar-refractivity contribution in [1.82, 2.24) is 9.79 Å². The Bertz CT molecular complexity index is 2640. The van der Waals surface area contributed by atoms with Crippen molar-refractivity contribution in [3.63, 3.8) is 0 Å². The van der Waals surface area contributed by atoms with Crippen LogP contribution in [0.5, 0.6) is 28.7 Å². The third-order valence-electron chi connectivity index (χ3n) is 9.45. The van der Waals surface area contributed by atoms with Crippen molar-refractivity contribution in [2.45, 2.75) is 57.0 Å². The highest BCUT2D eigenvalue weighted by Crippen LogP contribution is 2.47. The summed E-state index contributed by atoms with van der Waals surface area (Å²) < 4.78 is 95.6. The molecule has 6 N–H and O–H groups in total. The van der Waals surface area contributed by atoms with Gasteiger partial charge in [-0.2, -0.15) is 13.2 Å². The first-order valence-corrected chi connectivity index (χ1v) is 24.2. The van der Waals surface area contributed by atoms with Gasteiger partial charge < -0.3 is 40.0 Å². The Morgan fingerprint density at radius 1 is 1.00 bits per heavy atom. The Labute approximate surface area is 394 Å². The number of carbonyl (C=O) groups is 3. The Hall–Kier alpha value is -6.01. The number of hydrogen-bond acceptors (Lipinski definition) is 14. The lowest BCUT2D eigenvalue weighted by Crippen LogP contribution is -2.45. The second-order valence-electron chi connectivity index (χ2n) is 15.8. The van der Waals surface area contributed by atoms with E-state index < -0.39 is 74.0 Å². The van der Waals surface area contributed by atoms with Gasteiger partial charge in [0, 0.05) is 69.8 Å². The second kappa shape index (κ2) is 22.9. The molecule has 1 aliphatic heterocycles. The maximum Gasteiger partial charge on any atom is 0.416 e. The van der Waals surface area contributed by atoms with Gasteiger partial charge in [0.1, 0.15) is 40.4 Å². The van der Waals surface area contributed by atoms with Gasteiger partial charge in [-0.25, -0.2) is 23.0 Å². The van der Waals surface area contributed by atoms with E-state index in [-0.39, 0.29) is 35.5 Å². The molecule has 0 radical (unpaired) electrons. The Morgan fingerprint density at radius 2 is 1.59 bits per heavy atom. The van der Waals surface area contributed by atoms with Crippen molar-refractivity contribution < 1.29 is 79.2 Å². The van der Waals surface area contributed by atoms with Crippen molar-refractivity contribution in [2.75, 3.05) is 45.7 Å². The van der Waals surface area contributed by atoms with Crippen LogP contribution >= 0.6 is 19.0 Å². The number of ether oxygens (including phenoxy) is 4. The van der Waals surface area contributed by atoms with Gasteiger partial charge >= 0.3 is 18.2 Å². The van der Waals surface area contributed by atoms with Crippen LogP contribution in [0.4, 0.5) is 29.3 Å². The first-order chi connectivity index (χ1) is 31.3. The van der Waals surface area contributed by atoms with E-state index in [1.165, 1.54) is 20.8 Å². The van der Waals surface area contributed by atoms with Crippen molar-refractivity contribution in [3.05, 3.63) is 111 Å². The van der Waals surface area contributed by atoms with E-state index in [0.717, 1.165) is 47.1 Å². The third kappa shape index (κ3) is 17.3. The molecule has 0 bridgehead atoms. The molecule has 0 spiro atoms. The normalized spacial score (nSPS) is 16.3. The lowest BCUT2D eigenvalue weighted by atomic mass is 9.76. The van der Waals surface area contributed by atoms with Crippen LogP contribution in [0.3, 0.4) is 0 Å². The molecule has 3 amide bonds. The number of rotatable bonds is 14. The number of amides is 3. The number of aliphatic carboxylic acids is 1. The summed E-state index contributed by atoms with van der Waals surface area (Å²) in [7, 11) is -2.49. The van der Waals surface area contributed by atoms with E-state index in [0.29, 0.717) is 35.6 Å². The van der Waals surface area contributed by atoms with E-state index in [2.05, 4.69) is 19.2 Å². The van der Waals surface area contributed by atoms with E-state index in [1.54, 1.807) is 36.1 Å². The fourth-order valence-electron chi connectivity index (χ4n) is 6.05. The van der Waals surface area contributed by atoms with E-state index in [9.17, 15) is 50.7 Å². The molecule has 372 valence electrons. The van der Waals surface area contributed by atoms with Gasteiger partial charge in [0.2, 0.25) is 15.8 Å². The minimum absolute atomic E-state index is 0.0412. The molecule has 4 aromatic carbocycles. The summed E-state index contributed by atoms with van der Waals surface area (Å²) in [5, 5.41) is 22.8. The van der Waals surface area contributed by atoms with Crippen LogP contribution in [0.1, 0.15) is 55.1 Å². The maximum atomic E-state index is 12.7. The highest BCUT2D eigenvalue weighted by molar-refractivity contribution is 7.89. The summed E-state index contributed by atoms with van der Waals surface area (Å²) in [5.41, 5.74) is 4.43. The van der Waals surface area contributed by atoms with Crippen LogP contribution in [0.15, 0.2) is 78.9 Å². The number of carboxylic acid groups (broad SMARTS) is 1. The third-order valence-corrected chi connectivity index (χ3v) is 11.4. The molecule has 5 rings (SSSR count). The number of carboxylic acids is 1. The average Bonchev–Trinajstić information content (AvgIpc) is 3.22. The van der Waals surface area contributed by atoms with E-state index in [4.69, 9.17) is 51.1 Å². The number of hydroxylamine groups is 2. The molecule has 4 aromatic rings. The zero-order valence-corrected chi connectivity index (χ0v) is 40.2. The molecule has 0 saturated carbocycles. The Balaban J connectivity index is 0.000000297. The predicted octanol–water partition coefficient (Wildman–Crippen LogP) is 8.36. The lowest BCUT2D eigenvalue weighted by Gasteiger charge is -2.43. The van der Waals surface area contributed by atoms with Crippen molar-refractivity contribution in [1.29, 1.82) is 0 Å². The molecule has 20 nitrogen and oxygen atoms in total. The van der Waals surface area contributed by atoms with E-state index >= 15 is 0 Å². The molecule has 1 heterocycles. The average molecular weight is 1020 g/mol. The molecule has 0 aromatic heterocycles. The topological polar surface area (TPSA) is 285 Å². The number of halogens is 4. The number of benzene rings is 4. The predicted molar refractivity (Wildman–Crippen MR) is 243 cm³/mol. The number of anilines is 1. The van der Waals surface area contributed by atoms with Gasteiger partial charge in [-0.1, -0.05) is 31.5 Å². The highest BCUT2D eigenvalue weighted by Gasteiger charge is 2.42. The molecule has 3 unspecified atom stereocenters. The fraction of sp³-hybridized carbons (Fsp3) is 0.357. The number of nitrogens with zero attached hydrogens (tertiary/aromatic N) is 2. The molecular formula is C42H50ClF3N5O15PS. The summed E-state index contributed by atoms with van der Waals surface area (Å²) in [6, 6.07) is 16.6. The number of sulfonamides is 1. The van der Waals surface area contributed by atoms with Gasteiger partial charge in [-0.15, -0.1) is 0 Å². The summed E-state index contributed by atoms with van der Waals surface area (Å²) >= 11 is 5.76. The lowest BCUT2D eigenvalue weighted by molar-refractivity contribution is -0.385. The largest absolute Gasteiger partial charge is 0.480 e. The van der Waals surface area contributed by atoms with Crippen LogP contribution in [0, 0.1) is 10.1 Å². The first-order valence-electron chi connectivity index (χ1n) is 19.6. The number of alkyl halides is 3. The van der Waals surface area contributed by atoms with Crippen molar-refractivity contribution in [3.8, 4) is 28.7 Å². The number of hydrogen-bond donors (Lipinski definition) is 5. The molecule has 0 fully saturated rings. The zero-order valence-electron chi connectivity index (χ0n) is 37.7. The molecule has 68 heavy (non-hydrogen) atoms. The number of methoxy groups -OCH3 is 1. The van der Waals surface area contributed by atoms with E-state index in [1.807, 2.05) is 25.1 Å². The highest BCUT2D eigenvalue weighted by atomic mass is 35.5. The van der Waals surface area contributed by atoms with Gasteiger partial charge in [-0.05, 0) is 66.4 Å². The number of nitro benzene ring substituents is 1. The standard InChI is InChI=1S/C22H28N2O5.C15H10ClF3N2O6S.C5H12NO4P/c1-21(2)14-22(3,26-5)29-19-13-17(11-12-18(19)21)28-16-9-7-15(8-10-16)23-20(25)24(4)27-6;1-28(25,26)20-14(22)10-7-9(3-4-12(10)21(23)24)27-13-5-2-8(6-11(13)16)15(17,18)19;1-11(9,10)3-2-4(6)5(7)8/h7-13H,14H2,1-6H3,(H,23,25);2-7H,1H3,(H,20,22);4H,2-3,6H2,1H3,(H,7,8)(H,9,10).